The second kappa shape index (κ2) is 5.66. The minimum absolute atomic E-state index is 0.0646. The monoisotopic (exact) mass is 274 g/mol. The number of quaternary nitrogens is 1. The van der Waals surface area contributed by atoms with Gasteiger partial charge >= 0.3 is 0 Å². The van der Waals surface area contributed by atoms with Crippen molar-refractivity contribution >= 4 is 0 Å². The molecule has 0 aromatic heterocycles. The summed E-state index contributed by atoms with van der Waals surface area (Å²) in [5.74, 6) is 0. The summed E-state index contributed by atoms with van der Waals surface area (Å²) in [7, 11) is 0. The summed E-state index contributed by atoms with van der Waals surface area (Å²) < 4.78 is 0. The van der Waals surface area contributed by atoms with Gasteiger partial charge in [-0.3, -0.25) is 0 Å². The van der Waals surface area contributed by atoms with Crippen LogP contribution >= 0.6 is 0 Å². The van der Waals surface area contributed by atoms with Gasteiger partial charge in [-0.1, -0.05) is 59.9 Å². The quantitative estimate of drug-likeness (QED) is 0.738. The highest BCUT2D eigenvalue weighted by Crippen LogP contribution is 2.38. The van der Waals surface area contributed by atoms with Crippen molar-refractivity contribution in [3.05, 3.63) is 0 Å². The van der Waals surface area contributed by atoms with Crippen molar-refractivity contribution in [3.63, 3.8) is 0 Å². The van der Waals surface area contributed by atoms with E-state index in [9.17, 15) is 0 Å². The smallest absolute Gasteiger partial charge is 0.0957 e. The van der Waals surface area contributed by atoms with Crippen molar-refractivity contribution < 1.29 is 24.5 Å². The summed E-state index contributed by atoms with van der Waals surface area (Å²) in [6.45, 7) is 11.1. The maximum Gasteiger partial charge on any atom is 0.247 e. The molecule has 5 heteroatoms. The molecule has 0 unspecified atom stereocenters. The fraction of sp³-hybridized carbons (Fsp3) is 1.00. The highest BCUT2D eigenvalue weighted by atomic mass is 17.4. The fourth-order valence-corrected chi connectivity index (χ4v) is 2.74. The van der Waals surface area contributed by atoms with Crippen LogP contribution in [0.1, 0.15) is 53.4 Å². The lowest BCUT2D eigenvalue weighted by atomic mass is 9.87. The van der Waals surface area contributed by atoms with Crippen LogP contribution in [-0.4, -0.2) is 31.6 Å². The van der Waals surface area contributed by atoms with Gasteiger partial charge in [0.15, 0.2) is 0 Å². The lowest BCUT2D eigenvalue weighted by molar-refractivity contribution is -1.48. The summed E-state index contributed by atoms with van der Waals surface area (Å²) in [5.41, 5.74) is 0.129. The number of hydrogen-bond acceptors (Lipinski definition) is 4. The molecule has 2 aliphatic heterocycles. The van der Waals surface area contributed by atoms with Gasteiger partial charge < -0.3 is 0 Å². The van der Waals surface area contributed by atoms with E-state index >= 15 is 0 Å². The predicted octanol–water partition coefficient (Wildman–Crippen LogP) is 3.17. The average molecular weight is 274 g/mol. The summed E-state index contributed by atoms with van der Waals surface area (Å²) in [5, 5.41) is -0.529. The molecule has 2 saturated heterocycles. The second-order valence-corrected chi connectivity index (χ2v) is 6.66. The van der Waals surface area contributed by atoms with Gasteiger partial charge in [-0.05, 0) is 12.8 Å². The van der Waals surface area contributed by atoms with Gasteiger partial charge in [-0.25, -0.2) is 0 Å². The molecule has 0 radical (unpaired) electrons. The zero-order valence-corrected chi connectivity index (χ0v) is 12.7. The molecule has 1 spiro atoms. The Morgan fingerprint density at radius 1 is 0.737 bits per heavy atom. The fourth-order valence-electron chi connectivity index (χ4n) is 2.74. The number of hydrogen-bond donors (Lipinski definition) is 0. The van der Waals surface area contributed by atoms with Gasteiger partial charge in [-0.2, -0.15) is 0 Å². The topological polar surface area (TPSA) is 36.9 Å². The Hall–Kier alpha value is -0.200. The van der Waals surface area contributed by atoms with Gasteiger partial charge in [0.25, 0.3) is 0 Å². The molecule has 2 heterocycles. The van der Waals surface area contributed by atoms with E-state index in [1.165, 1.54) is 0 Å². The van der Waals surface area contributed by atoms with Crippen LogP contribution in [0.5, 0.6) is 0 Å². The molecule has 0 aromatic carbocycles. The van der Waals surface area contributed by atoms with Crippen molar-refractivity contribution in [3.8, 4) is 0 Å². The Bertz CT molecular complexity index is 258. The van der Waals surface area contributed by atoms with E-state index in [1.54, 1.807) is 0 Å². The predicted molar refractivity (Wildman–Crippen MR) is 70.1 cm³/mol. The molecule has 0 saturated carbocycles. The van der Waals surface area contributed by atoms with Crippen molar-refractivity contribution in [2.75, 3.05) is 26.4 Å². The average Bonchev–Trinajstić information content (AvgIpc) is 2.38. The van der Waals surface area contributed by atoms with Gasteiger partial charge in [0.1, 0.15) is 26.4 Å². The summed E-state index contributed by atoms with van der Waals surface area (Å²) in [6.07, 6.45) is 4.42. The lowest BCUT2D eigenvalue weighted by Crippen LogP contribution is -2.60. The number of rotatable bonds is 4. The Labute approximate surface area is 116 Å². The minimum Gasteiger partial charge on any atom is -0.0957 e. The first kappa shape index (κ1) is 15.2. The first-order chi connectivity index (χ1) is 8.95. The van der Waals surface area contributed by atoms with Crippen LogP contribution in [0.3, 0.4) is 0 Å². The second-order valence-electron chi connectivity index (χ2n) is 6.66. The molecule has 2 aliphatic rings. The minimum atomic E-state index is -0.529. The summed E-state index contributed by atoms with van der Waals surface area (Å²) in [6, 6.07) is 0. The SMILES string of the molecule is CCCC1(C)CO[N+]2(OC1)OCC(C)(CCC)CO2. The van der Waals surface area contributed by atoms with E-state index in [0.29, 0.717) is 26.4 Å². The normalized spacial score (nSPS) is 43.6. The maximum atomic E-state index is 5.72. The third-order valence-electron chi connectivity index (χ3n) is 3.99. The van der Waals surface area contributed by atoms with Crippen LogP contribution in [-0.2, 0) is 19.4 Å². The Kier molecular flexibility index (Phi) is 4.52. The van der Waals surface area contributed by atoms with Gasteiger partial charge in [0.05, 0.1) is 0 Å². The first-order valence-corrected chi connectivity index (χ1v) is 7.42. The first-order valence-electron chi connectivity index (χ1n) is 7.42. The largest absolute Gasteiger partial charge is 0.247 e. The van der Waals surface area contributed by atoms with Gasteiger partial charge in [-0.15, -0.1) is 0 Å². The van der Waals surface area contributed by atoms with Crippen LogP contribution in [0, 0.1) is 10.8 Å². The van der Waals surface area contributed by atoms with E-state index in [1.807, 2.05) is 0 Å². The van der Waals surface area contributed by atoms with Gasteiger partial charge in [0.2, 0.25) is 5.14 Å². The molecule has 19 heavy (non-hydrogen) atoms. The molecular weight excluding hydrogens is 246 g/mol. The third kappa shape index (κ3) is 3.47. The molecule has 112 valence electrons. The Morgan fingerprint density at radius 3 is 1.32 bits per heavy atom. The van der Waals surface area contributed by atoms with E-state index in [-0.39, 0.29) is 10.8 Å². The summed E-state index contributed by atoms with van der Waals surface area (Å²) >= 11 is 0. The zero-order chi connectivity index (χ0) is 14.0. The van der Waals surface area contributed by atoms with Crippen LogP contribution in [0.2, 0.25) is 0 Å². The van der Waals surface area contributed by atoms with Crippen molar-refractivity contribution in [1.29, 1.82) is 0 Å². The highest BCUT2D eigenvalue weighted by molar-refractivity contribution is 4.74. The Balaban J connectivity index is 1.88. The molecular formula is C14H28NO4+. The van der Waals surface area contributed by atoms with Crippen molar-refractivity contribution in [2.24, 2.45) is 10.8 Å². The van der Waals surface area contributed by atoms with Crippen molar-refractivity contribution in [2.45, 2.75) is 53.4 Å². The molecule has 0 aliphatic carbocycles. The molecule has 5 nitrogen and oxygen atoms in total. The van der Waals surface area contributed by atoms with Crippen LogP contribution in [0.25, 0.3) is 0 Å². The van der Waals surface area contributed by atoms with Crippen LogP contribution in [0.15, 0.2) is 0 Å². The van der Waals surface area contributed by atoms with Crippen LogP contribution < -0.4 is 0 Å². The lowest BCUT2D eigenvalue weighted by Gasteiger charge is -2.42. The maximum absolute atomic E-state index is 5.72. The molecule has 0 N–H and O–H groups in total. The molecule has 0 bridgehead atoms. The molecule has 2 fully saturated rings. The van der Waals surface area contributed by atoms with Crippen molar-refractivity contribution in [1.82, 2.24) is 0 Å². The van der Waals surface area contributed by atoms with Gasteiger partial charge in [0, 0.05) is 10.8 Å². The molecule has 0 amide bonds. The molecule has 0 atom stereocenters. The standard InChI is InChI=1S/C14H28NO4/c1-5-7-13(3)9-16-15(17-10-13)18-11-14(4,8-6-2)12-19-15/h5-12H2,1-4H3/q+1. The molecule has 2 rings (SSSR count). The Morgan fingerprint density at radius 2 is 1.05 bits per heavy atom. The van der Waals surface area contributed by atoms with E-state index < -0.39 is 5.14 Å². The zero-order valence-electron chi connectivity index (χ0n) is 12.7. The van der Waals surface area contributed by atoms with Crippen LogP contribution in [0.4, 0.5) is 0 Å². The summed E-state index contributed by atoms with van der Waals surface area (Å²) in [4.78, 5) is 22.9. The third-order valence-corrected chi connectivity index (χ3v) is 3.99. The number of nitrogens with zero attached hydrogens (tertiary/aromatic N) is 1. The van der Waals surface area contributed by atoms with E-state index in [4.69, 9.17) is 19.4 Å². The molecule has 0 aromatic rings. The highest BCUT2D eigenvalue weighted by Gasteiger charge is 2.53. The van der Waals surface area contributed by atoms with E-state index in [0.717, 1.165) is 25.7 Å². The van der Waals surface area contributed by atoms with E-state index in [2.05, 4.69) is 27.7 Å².